The summed E-state index contributed by atoms with van der Waals surface area (Å²) in [6, 6.07) is 24.8. The van der Waals surface area contributed by atoms with Gasteiger partial charge >= 0.3 is 0 Å². The molecule has 1 saturated carbocycles. The topological polar surface area (TPSA) is 30.9 Å². The van der Waals surface area contributed by atoms with Gasteiger partial charge in [-0.15, -0.1) is 0 Å². The van der Waals surface area contributed by atoms with E-state index in [2.05, 4.69) is 29.2 Å². The van der Waals surface area contributed by atoms with Gasteiger partial charge in [-0.25, -0.2) is 4.39 Å². The highest BCUT2D eigenvalue weighted by atomic mass is 19.1. The second kappa shape index (κ2) is 10.6. The summed E-state index contributed by atoms with van der Waals surface area (Å²) in [5.74, 6) is 2.70. The zero-order valence-electron chi connectivity index (χ0n) is 19.6. The van der Waals surface area contributed by atoms with Crippen molar-refractivity contribution in [1.82, 2.24) is 4.90 Å². The predicted molar refractivity (Wildman–Crippen MR) is 130 cm³/mol. The van der Waals surface area contributed by atoms with Crippen molar-refractivity contribution in [3.63, 3.8) is 0 Å². The molecule has 0 N–H and O–H groups in total. The van der Waals surface area contributed by atoms with Crippen molar-refractivity contribution in [2.45, 2.75) is 31.7 Å². The maximum Gasteiger partial charge on any atom is 0.123 e. The van der Waals surface area contributed by atoms with Crippen molar-refractivity contribution in [1.29, 1.82) is 0 Å². The monoisotopic (exact) mass is 461 g/mol. The van der Waals surface area contributed by atoms with Gasteiger partial charge in [-0.1, -0.05) is 42.5 Å². The summed E-state index contributed by atoms with van der Waals surface area (Å²) in [4.78, 5) is 2.53. The van der Waals surface area contributed by atoms with E-state index in [9.17, 15) is 4.39 Å². The molecule has 0 bridgehead atoms. The number of methoxy groups -OCH3 is 1. The first-order chi connectivity index (χ1) is 16.7. The molecule has 4 nitrogen and oxygen atoms in total. The number of nitrogens with zero attached hydrogens (tertiary/aromatic N) is 1. The highest BCUT2D eigenvalue weighted by Crippen LogP contribution is 2.40. The van der Waals surface area contributed by atoms with Crippen LogP contribution >= 0.6 is 0 Å². The Morgan fingerprint density at radius 1 is 0.853 bits per heavy atom. The van der Waals surface area contributed by atoms with E-state index in [1.54, 1.807) is 19.2 Å². The Balaban J connectivity index is 1.10. The van der Waals surface area contributed by atoms with E-state index < -0.39 is 0 Å². The van der Waals surface area contributed by atoms with Crippen molar-refractivity contribution < 1.29 is 18.6 Å². The third kappa shape index (κ3) is 5.60. The molecule has 1 aliphatic heterocycles. The quantitative estimate of drug-likeness (QED) is 0.398. The molecule has 5 rings (SSSR count). The Kier molecular flexibility index (Phi) is 7.12. The molecule has 1 saturated heterocycles. The molecule has 2 fully saturated rings. The summed E-state index contributed by atoms with van der Waals surface area (Å²) in [6.07, 6.45) is 2.38. The summed E-state index contributed by atoms with van der Waals surface area (Å²) >= 11 is 0. The molecule has 4 atom stereocenters. The van der Waals surface area contributed by atoms with Crippen LogP contribution in [0.1, 0.15) is 30.1 Å². The van der Waals surface area contributed by atoms with Crippen LogP contribution in [0.15, 0.2) is 78.9 Å². The minimum Gasteiger partial charge on any atom is -0.490 e. The molecule has 1 aliphatic carbocycles. The van der Waals surface area contributed by atoms with Gasteiger partial charge in [-0.3, -0.25) is 4.90 Å². The van der Waals surface area contributed by atoms with Crippen LogP contribution in [-0.2, 0) is 11.3 Å². The fraction of sp³-hybridized carbons (Fsp3) is 0.379. The highest BCUT2D eigenvalue weighted by molar-refractivity contribution is 5.29. The van der Waals surface area contributed by atoms with Crippen LogP contribution in [0, 0.1) is 17.7 Å². The van der Waals surface area contributed by atoms with Crippen LogP contribution in [0.4, 0.5) is 4.39 Å². The normalized spacial score (nSPS) is 22.9. The van der Waals surface area contributed by atoms with Crippen LogP contribution in [0.25, 0.3) is 0 Å². The summed E-state index contributed by atoms with van der Waals surface area (Å²) in [5, 5.41) is 0. The third-order valence-electron chi connectivity index (χ3n) is 7.11. The fourth-order valence-corrected chi connectivity index (χ4v) is 5.36. The van der Waals surface area contributed by atoms with Gasteiger partial charge in [0.05, 0.1) is 12.2 Å². The minimum absolute atomic E-state index is 0.0354. The van der Waals surface area contributed by atoms with Crippen LogP contribution in [0.2, 0.25) is 0 Å². The van der Waals surface area contributed by atoms with Gasteiger partial charge in [-0.05, 0) is 72.2 Å². The largest absolute Gasteiger partial charge is 0.490 e. The van der Waals surface area contributed by atoms with E-state index in [0.29, 0.717) is 18.4 Å². The molecule has 0 spiro atoms. The number of ether oxygens (including phenoxy) is 3. The minimum atomic E-state index is -0.228. The summed E-state index contributed by atoms with van der Waals surface area (Å²) in [6.45, 7) is 3.60. The van der Waals surface area contributed by atoms with Crippen molar-refractivity contribution >= 4 is 0 Å². The first-order valence-corrected chi connectivity index (χ1v) is 12.1. The lowest BCUT2D eigenvalue weighted by Crippen LogP contribution is -2.29. The summed E-state index contributed by atoms with van der Waals surface area (Å²) in [5.41, 5.74) is 2.33. The zero-order valence-corrected chi connectivity index (χ0v) is 19.6. The Morgan fingerprint density at radius 2 is 1.50 bits per heavy atom. The summed E-state index contributed by atoms with van der Waals surface area (Å²) < 4.78 is 31.0. The molecule has 1 unspecified atom stereocenters. The van der Waals surface area contributed by atoms with Crippen molar-refractivity contribution in [2.75, 3.05) is 26.7 Å². The number of benzene rings is 3. The maximum atomic E-state index is 13.1. The lowest BCUT2D eigenvalue weighted by atomic mass is 10.0. The van der Waals surface area contributed by atoms with Crippen molar-refractivity contribution in [3.05, 3.63) is 95.8 Å². The highest BCUT2D eigenvalue weighted by Gasteiger charge is 2.42. The second-order valence-electron chi connectivity index (χ2n) is 9.47. The van der Waals surface area contributed by atoms with Crippen molar-refractivity contribution in [3.8, 4) is 11.5 Å². The molecule has 2 aliphatic rings. The number of fused-ring (bicyclic) bond motifs is 1. The van der Waals surface area contributed by atoms with Gasteiger partial charge in [0.2, 0.25) is 0 Å². The van der Waals surface area contributed by atoms with Gasteiger partial charge < -0.3 is 14.2 Å². The van der Waals surface area contributed by atoms with Gasteiger partial charge in [-0.2, -0.15) is 0 Å². The number of hydrogen-bond acceptors (Lipinski definition) is 4. The molecule has 3 aromatic rings. The Labute approximate surface area is 201 Å². The molecule has 0 amide bonds. The van der Waals surface area contributed by atoms with E-state index in [-0.39, 0.29) is 18.0 Å². The molecule has 0 aromatic heterocycles. The van der Waals surface area contributed by atoms with E-state index in [0.717, 1.165) is 49.5 Å². The van der Waals surface area contributed by atoms with E-state index in [4.69, 9.17) is 14.2 Å². The van der Waals surface area contributed by atoms with E-state index >= 15 is 0 Å². The van der Waals surface area contributed by atoms with Crippen LogP contribution in [0.3, 0.4) is 0 Å². The average Bonchev–Trinajstić information content (AvgIpc) is 3.42. The number of halogens is 1. The number of likely N-dealkylation sites (tertiary alicyclic amines) is 1. The van der Waals surface area contributed by atoms with E-state index in [1.807, 2.05) is 30.3 Å². The second-order valence-corrected chi connectivity index (χ2v) is 9.47. The fourth-order valence-electron chi connectivity index (χ4n) is 5.36. The summed E-state index contributed by atoms with van der Waals surface area (Å²) in [7, 11) is 1.79. The number of rotatable bonds is 9. The Morgan fingerprint density at radius 3 is 2.15 bits per heavy atom. The molecule has 0 radical (unpaired) electrons. The van der Waals surface area contributed by atoms with Gasteiger partial charge in [0, 0.05) is 26.7 Å². The van der Waals surface area contributed by atoms with E-state index in [1.165, 1.54) is 17.7 Å². The molecule has 5 heteroatoms. The first-order valence-electron chi connectivity index (χ1n) is 12.1. The molecule has 34 heavy (non-hydrogen) atoms. The van der Waals surface area contributed by atoms with Gasteiger partial charge in [0.25, 0.3) is 0 Å². The lowest BCUT2D eigenvalue weighted by Gasteiger charge is -2.25. The maximum absolute atomic E-state index is 13.1. The molecule has 178 valence electrons. The Hall–Kier alpha value is -2.89. The first kappa shape index (κ1) is 22.9. The molecule has 1 heterocycles. The van der Waals surface area contributed by atoms with Crippen molar-refractivity contribution in [2.24, 2.45) is 11.8 Å². The van der Waals surface area contributed by atoms with Gasteiger partial charge in [0.15, 0.2) is 0 Å². The molecule has 3 aromatic carbocycles. The SMILES string of the molecule is COC(CN1C[C@H]2C[C@H](Oc3ccc(F)cc3)C[C@H]2C1)c1ccc(OCc2ccccc2)cc1. The van der Waals surface area contributed by atoms with Crippen LogP contribution in [0.5, 0.6) is 11.5 Å². The predicted octanol–water partition coefficient (Wildman–Crippen LogP) is 5.88. The molecular formula is C29H32FNO3. The smallest absolute Gasteiger partial charge is 0.123 e. The zero-order chi connectivity index (χ0) is 23.3. The standard InChI is InChI=1S/C29H32FNO3/c1-32-29(22-7-11-26(12-8-22)33-20-21-5-3-2-4-6-21)19-31-17-23-15-28(16-24(23)18-31)34-27-13-9-25(30)10-14-27/h2-14,23-24,28-29H,15-20H2,1H3/t23-,24+,28+,29?. The molecular weight excluding hydrogens is 429 g/mol. The van der Waals surface area contributed by atoms with Crippen LogP contribution < -0.4 is 9.47 Å². The lowest BCUT2D eigenvalue weighted by molar-refractivity contribution is 0.0667. The van der Waals surface area contributed by atoms with Crippen LogP contribution in [-0.4, -0.2) is 37.7 Å². The van der Waals surface area contributed by atoms with Gasteiger partial charge in [0.1, 0.15) is 23.9 Å². The Bertz CT molecular complexity index is 1030. The average molecular weight is 462 g/mol. The number of hydrogen-bond donors (Lipinski definition) is 0. The third-order valence-corrected chi connectivity index (χ3v) is 7.11.